The predicted molar refractivity (Wildman–Crippen MR) is 77.6 cm³/mol. The molecule has 112 valence electrons. The van der Waals surface area contributed by atoms with Crippen LogP contribution < -0.4 is 11.1 Å². The zero-order valence-electron chi connectivity index (χ0n) is 12.2. The van der Waals surface area contributed by atoms with Gasteiger partial charge in [-0.05, 0) is 18.8 Å². The number of H-pyrrole nitrogens is 1. The Bertz CT molecular complexity index is 450. The molecular formula is C14H24N4O2. The molecule has 20 heavy (non-hydrogen) atoms. The molecule has 1 aliphatic carbocycles. The second-order valence-corrected chi connectivity index (χ2v) is 5.59. The summed E-state index contributed by atoms with van der Waals surface area (Å²) in [5, 5.41) is 9.60. The van der Waals surface area contributed by atoms with Crippen molar-refractivity contribution in [2.24, 2.45) is 0 Å². The summed E-state index contributed by atoms with van der Waals surface area (Å²) < 4.78 is 5.69. The van der Waals surface area contributed by atoms with Crippen LogP contribution >= 0.6 is 0 Å². The fraction of sp³-hybridized carbons (Fsp3) is 0.714. The molecule has 6 heteroatoms. The van der Waals surface area contributed by atoms with Gasteiger partial charge in [-0.2, -0.15) is 5.10 Å². The van der Waals surface area contributed by atoms with Gasteiger partial charge in [-0.3, -0.25) is 9.89 Å². The van der Waals surface area contributed by atoms with Crippen molar-refractivity contribution >= 4 is 11.6 Å². The summed E-state index contributed by atoms with van der Waals surface area (Å²) in [5.41, 5.74) is 7.44. The van der Waals surface area contributed by atoms with Gasteiger partial charge in [-0.15, -0.1) is 0 Å². The second kappa shape index (κ2) is 6.74. The van der Waals surface area contributed by atoms with E-state index in [1.54, 1.807) is 0 Å². The van der Waals surface area contributed by atoms with Crippen LogP contribution in [-0.2, 0) is 4.74 Å². The first kappa shape index (κ1) is 14.8. The Hall–Kier alpha value is -1.56. The molecular weight excluding hydrogens is 256 g/mol. The molecule has 1 aromatic heterocycles. The Kier molecular flexibility index (Phi) is 5.00. The van der Waals surface area contributed by atoms with Crippen LogP contribution in [0.25, 0.3) is 0 Å². The van der Waals surface area contributed by atoms with Crippen molar-refractivity contribution in [2.45, 2.75) is 51.6 Å². The first-order valence-electron chi connectivity index (χ1n) is 7.33. The molecule has 0 unspecified atom stereocenters. The quantitative estimate of drug-likeness (QED) is 0.693. The van der Waals surface area contributed by atoms with E-state index in [2.05, 4.69) is 15.5 Å². The Balaban J connectivity index is 1.76. The van der Waals surface area contributed by atoms with Gasteiger partial charge in [0.05, 0.1) is 24.1 Å². The van der Waals surface area contributed by atoms with E-state index in [1.165, 1.54) is 12.8 Å². The van der Waals surface area contributed by atoms with E-state index in [1.807, 2.05) is 13.8 Å². The van der Waals surface area contributed by atoms with Crippen molar-refractivity contribution in [3.63, 3.8) is 0 Å². The number of nitrogens with two attached hydrogens (primary N) is 1. The van der Waals surface area contributed by atoms with Crippen molar-refractivity contribution in [1.82, 2.24) is 15.5 Å². The summed E-state index contributed by atoms with van der Waals surface area (Å²) in [6.07, 6.45) is 5.14. The highest BCUT2D eigenvalue weighted by atomic mass is 16.5. The summed E-state index contributed by atoms with van der Waals surface area (Å²) in [6.45, 7) is 5.03. The normalized spacial score (nSPS) is 15.9. The van der Waals surface area contributed by atoms with Crippen molar-refractivity contribution in [2.75, 3.05) is 18.9 Å². The van der Waals surface area contributed by atoms with E-state index in [9.17, 15) is 4.79 Å². The van der Waals surface area contributed by atoms with E-state index in [-0.39, 0.29) is 17.5 Å². The maximum atomic E-state index is 12.0. The fourth-order valence-corrected chi connectivity index (χ4v) is 2.51. The van der Waals surface area contributed by atoms with Crippen LogP contribution in [0.3, 0.4) is 0 Å². The van der Waals surface area contributed by atoms with E-state index in [0.717, 1.165) is 18.5 Å². The first-order valence-corrected chi connectivity index (χ1v) is 7.33. The lowest BCUT2D eigenvalue weighted by molar-refractivity contribution is 0.0581. The lowest BCUT2D eigenvalue weighted by atomic mass is 10.1. The first-order chi connectivity index (χ1) is 9.59. The molecule has 0 saturated heterocycles. The summed E-state index contributed by atoms with van der Waals surface area (Å²) in [4.78, 5) is 12.0. The summed E-state index contributed by atoms with van der Waals surface area (Å²) in [6, 6.07) is 0. The van der Waals surface area contributed by atoms with Crippen molar-refractivity contribution < 1.29 is 9.53 Å². The average molecular weight is 280 g/mol. The van der Waals surface area contributed by atoms with Gasteiger partial charge in [0, 0.05) is 6.54 Å². The van der Waals surface area contributed by atoms with Crippen LogP contribution in [0.4, 0.5) is 5.69 Å². The van der Waals surface area contributed by atoms with Crippen LogP contribution in [0.15, 0.2) is 0 Å². The van der Waals surface area contributed by atoms with Gasteiger partial charge in [0.15, 0.2) is 5.69 Å². The molecule has 4 N–H and O–H groups in total. The number of hydrogen-bond donors (Lipinski definition) is 3. The fourth-order valence-electron chi connectivity index (χ4n) is 2.51. The Labute approximate surface area is 119 Å². The van der Waals surface area contributed by atoms with Crippen LogP contribution in [-0.4, -0.2) is 35.4 Å². The number of rotatable bonds is 6. The number of anilines is 1. The molecule has 1 aliphatic rings. The molecule has 2 rings (SSSR count). The highest BCUT2D eigenvalue weighted by Crippen LogP contribution is 2.22. The maximum Gasteiger partial charge on any atom is 0.274 e. The molecule has 1 amide bonds. The van der Waals surface area contributed by atoms with Gasteiger partial charge in [0.1, 0.15) is 0 Å². The van der Waals surface area contributed by atoms with Crippen LogP contribution in [0.2, 0.25) is 0 Å². The number of amides is 1. The Morgan fingerprint density at radius 1 is 1.50 bits per heavy atom. The maximum absolute atomic E-state index is 12.0. The van der Waals surface area contributed by atoms with Crippen LogP contribution in [0, 0.1) is 0 Å². The zero-order chi connectivity index (χ0) is 14.5. The lowest BCUT2D eigenvalue weighted by Gasteiger charge is -2.11. The highest BCUT2D eigenvalue weighted by molar-refractivity contribution is 5.97. The highest BCUT2D eigenvalue weighted by Gasteiger charge is 2.19. The molecule has 1 aromatic rings. The number of carbonyl (C=O) groups excluding carboxylic acids is 1. The number of ether oxygens (including phenoxy) is 1. The smallest absolute Gasteiger partial charge is 0.274 e. The zero-order valence-corrected chi connectivity index (χ0v) is 12.2. The molecule has 0 aromatic carbocycles. The van der Waals surface area contributed by atoms with Gasteiger partial charge < -0.3 is 15.8 Å². The minimum atomic E-state index is -0.249. The predicted octanol–water partition coefficient (Wildman–Crippen LogP) is 1.80. The number of aromatic amines is 1. The number of nitrogens with zero attached hydrogens (tertiary/aromatic N) is 1. The van der Waals surface area contributed by atoms with E-state index >= 15 is 0 Å². The number of carbonyl (C=O) groups is 1. The molecule has 0 spiro atoms. The van der Waals surface area contributed by atoms with Crippen molar-refractivity contribution in [1.29, 1.82) is 0 Å². The van der Waals surface area contributed by atoms with E-state index in [0.29, 0.717) is 24.9 Å². The van der Waals surface area contributed by atoms with Gasteiger partial charge in [-0.1, -0.05) is 26.7 Å². The monoisotopic (exact) mass is 280 g/mol. The molecule has 0 bridgehead atoms. The van der Waals surface area contributed by atoms with Crippen molar-refractivity contribution in [3.05, 3.63) is 11.4 Å². The van der Waals surface area contributed by atoms with Gasteiger partial charge in [0.2, 0.25) is 0 Å². The molecule has 0 radical (unpaired) electrons. The van der Waals surface area contributed by atoms with E-state index in [4.69, 9.17) is 10.5 Å². The molecule has 0 atom stereocenters. The minimum Gasteiger partial charge on any atom is -0.395 e. The number of nitrogen functional groups attached to an aromatic ring is 1. The van der Waals surface area contributed by atoms with Gasteiger partial charge in [0.25, 0.3) is 5.91 Å². The molecule has 6 nitrogen and oxygen atoms in total. The lowest BCUT2D eigenvalue weighted by Crippen LogP contribution is -2.29. The second-order valence-electron chi connectivity index (χ2n) is 5.59. The summed E-state index contributed by atoms with van der Waals surface area (Å²) in [5.74, 6) is -0.0320. The van der Waals surface area contributed by atoms with Crippen LogP contribution in [0.5, 0.6) is 0 Å². The third-order valence-electron chi connectivity index (χ3n) is 3.67. The Morgan fingerprint density at radius 3 is 2.80 bits per heavy atom. The minimum absolute atomic E-state index is 0.217. The Morgan fingerprint density at radius 2 is 2.20 bits per heavy atom. The third-order valence-corrected chi connectivity index (χ3v) is 3.67. The molecule has 1 saturated carbocycles. The topological polar surface area (TPSA) is 93.0 Å². The molecule has 1 heterocycles. The summed E-state index contributed by atoms with van der Waals surface area (Å²) in [7, 11) is 0. The largest absolute Gasteiger partial charge is 0.395 e. The average Bonchev–Trinajstić information content (AvgIpc) is 3.03. The van der Waals surface area contributed by atoms with Gasteiger partial charge in [-0.25, -0.2) is 0 Å². The SMILES string of the molecule is CC(C)c1[nH]nc(C(=O)NCCOC2CCCC2)c1N. The van der Waals surface area contributed by atoms with E-state index < -0.39 is 0 Å². The van der Waals surface area contributed by atoms with Gasteiger partial charge >= 0.3 is 0 Å². The number of nitrogens with one attached hydrogen (secondary N) is 2. The number of hydrogen-bond acceptors (Lipinski definition) is 4. The molecule has 0 aliphatic heterocycles. The van der Waals surface area contributed by atoms with Crippen molar-refractivity contribution in [3.8, 4) is 0 Å². The third kappa shape index (κ3) is 3.50. The summed E-state index contributed by atoms with van der Waals surface area (Å²) >= 11 is 0. The standard InChI is InChI=1S/C14H24N4O2/c1-9(2)12-11(15)13(18-17-12)14(19)16-7-8-20-10-5-3-4-6-10/h9-10H,3-8,15H2,1-2H3,(H,16,19)(H,17,18). The molecule has 1 fully saturated rings. The number of aromatic nitrogens is 2. The van der Waals surface area contributed by atoms with Crippen LogP contribution in [0.1, 0.15) is 61.6 Å².